The molecule has 1 aliphatic carbocycles. The Balaban J connectivity index is 1.75. The van der Waals surface area contributed by atoms with E-state index in [-0.39, 0.29) is 12.6 Å². The van der Waals surface area contributed by atoms with Gasteiger partial charge in [0, 0.05) is 19.2 Å². The van der Waals surface area contributed by atoms with Crippen molar-refractivity contribution in [2.45, 2.75) is 39.7 Å². The summed E-state index contributed by atoms with van der Waals surface area (Å²) in [7, 11) is 1.89. The SMILES string of the molecule is CCCN(C(=O)OCc1ccccc1)c1sc(C(=O)OCC)c2c1-c1c(cnn1C)CC2. The van der Waals surface area contributed by atoms with E-state index in [1.165, 1.54) is 11.3 Å². The summed E-state index contributed by atoms with van der Waals surface area (Å²) in [5, 5.41) is 5.14. The minimum atomic E-state index is -0.426. The summed E-state index contributed by atoms with van der Waals surface area (Å²) in [6, 6.07) is 9.60. The van der Waals surface area contributed by atoms with Gasteiger partial charge in [0.2, 0.25) is 0 Å². The summed E-state index contributed by atoms with van der Waals surface area (Å²) < 4.78 is 12.8. The maximum Gasteiger partial charge on any atom is 0.415 e. The van der Waals surface area contributed by atoms with Gasteiger partial charge in [0.1, 0.15) is 16.5 Å². The Morgan fingerprint density at radius 2 is 1.94 bits per heavy atom. The average Bonchev–Trinajstić information content (AvgIpc) is 3.37. The van der Waals surface area contributed by atoms with Gasteiger partial charge in [-0.15, -0.1) is 11.3 Å². The van der Waals surface area contributed by atoms with Gasteiger partial charge in [-0.3, -0.25) is 9.58 Å². The van der Waals surface area contributed by atoms with Gasteiger partial charge in [0.25, 0.3) is 0 Å². The second-order valence-electron chi connectivity index (χ2n) is 7.64. The maximum absolute atomic E-state index is 13.2. The Kier molecular flexibility index (Phi) is 6.60. The first-order chi connectivity index (χ1) is 15.5. The molecule has 0 bridgehead atoms. The Labute approximate surface area is 191 Å². The van der Waals surface area contributed by atoms with Crippen LogP contribution in [0.1, 0.15) is 46.6 Å². The number of fused-ring (bicyclic) bond motifs is 3. The minimum Gasteiger partial charge on any atom is -0.462 e. The smallest absolute Gasteiger partial charge is 0.415 e. The third-order valence-corrected chi connectivity index (χ3v) is 6.70. The van der Waals surface area contributed by atoms with Gasteiger partial charge in [0.15, 0.2) is 0 Å². The average molecular weight is 454 g/mol. The number of thiophene rings is 1. The molecule has 4 rings (SSSR count). The van der Waals surface area contributed by atoms with Crippen LogP contribution in [0.5, 0.6) is 0 Å². The van der Waals surface area contributed by atoms with Crippen molar-refractivity contribution in [3.63, 3.8) is 0 Å². The van der Waals surface area contributed by atoms with Crippen LogP contribution >= 0.6 is 11.3 Å². The molecule has 1 aliphatic rings. The molecule has 0 atom stereocenters. The molecule has 0 N–H and O–H groups in total. The molecule has 0 spiro atoms. The first-order valence-electron chi connectivity index (χ1n) is 10.9. The molecule has 0 unspecified atom stereocenters. The van der Waals surface area contributed by atoms with Crippen LogP contribution < -0.4 is 4.90 Å². The second kappa shape index (κ2) is 9.56. The number of carbonyl (C=O) groups excluding carboxylic acids is 2. The molecular formula is C24H27N3O4S. The van der Waals surface area contributed by atoms with E-state index in [4.69, 9.17) is 9.47 Å². The van der Waals surface area contributed by atoms with Crippen molar-refractivity contribution in [2.75, 3.05) is 18.1 Å². The fourth-order valence-electron chi connectivity index (χ4n) is 4.03. The van der Waals surface area contributed by atoms with E-state index in [9.17, 15) is 9.59 Å². The van der Waals surface area contributed by atoms with Crippen LogP contribution in [0.25, 0.3) is 11.3 Å². The van der Waals surface area contributed by atoms with Gasteiger partial charge in [-0.05, 0) is 42.9 Å². The quantitative estimate of drug-likeness (QED) is 0.472. The molecule has 0 saturated heterocycles. The predicted molar refractivity (Wildman–Crippen MR) is 124 cm³/mol. The monoisotopic (exact) mass is 453 g/mol. The highest BCUT2D eigenvalue weighted by Gasteiger charge is 2.34. The summed E-state index contributed by atoms with van der Waals surface area (Å²) in [6.07, 6.45) is 3.69. The Hall–Kier alpha value is -3.13. The molecule has 3 aromatic rings. The molecule has 0 aliphatic heterocycles. The Morgan fingerprint density at radius 1 is 1.16 bits per heavy atom. The van der Waals surface area contributed by atoms with Crippen molar-refractivity contribution in [3.05, 3.63) is 58.1 Å². The summed E-state index contributed by atoms with van der Waals surface area (Å²) in [5.74, 6) is -0.347. The zero-order chi connectivity index (χ0) is 22.7. The number of hydrogen-bond donors (Lipinski definition) is 0. The van der Waals surface area contributed by atoms with Crippen LogP contribution in [-0.2, 0) is 36.0 Å². The first-order valence-corrected chi connectivity index (χ1v) is 11.7. The van der Waals surface area contributed by atoms with Crippen molar-refractivity contribution in [3.8, 4) is 11.3 Å². The second-order valence-corrected chi connectivity index (χ2v) is 8.64. The lowest BCUT2D eigenvalue weighted by Gasteiger charge is -2.23. The highest BCUT2D eigenvalue weighted by molar-refractivity contribution is 7.19. The van der Waals surface area contributed by atoms with Gasteiger partial charge in [0.05, 0.1) is 18.5 Å². The fourth-order valence-corrected chi connectivity index (χ4v) is 5.29. The fraction of sp³-hybridized carbons (Fsp3) is 0.375. The summed E-state index contributed by atoms with van der Waals surface area (Å²) >= 11 is 1.31. The molecule has 0 saturated carbocycles. The third-order valence-electron chi connectivity index (χ3n) is 5.46. The zero-order valence-electron chi connectivity index (χ0n) is 18.6. The van der Waals surface area contributed by atoms with E-state index in [1.807, 2.05) is 55.2 Å². The predicted octanol–water partition coefficient (Wildman–Crippen LogP) is 4.98. The van der Waals surface area contributed by atoms with E-state index >= 15 is 0 Å². The van der Waals surface area contributed by atoms with E-state index in [0.717, 1.165) is 40.8 Å². The van der Waals surface area contributed by atoms with Gasteiger partial charge in [-0.1, -0.05) is 37.3 Å². The number of amides is 1. The number of aryl methyl sites for hydroxylation is 2. The molecule has 1 amide bonds. The number of carbonyl (C=O) groups is 2. The van der Waals surface area contributed by atoms with Crippen LogP contribution in [0.4, 0.5) is 9.80 Å². The van der Waals surface area contributed by atoms with Crippen LogP contribution in [0.3, 0.4) is 0 Å². The Morgan fingerprint density at radius 3 is 2.66 bits per heavy atom. The summed E-state index contributed by atoms with van der Waals surface area (Å²) in [4.78, 5) is 28.2. The largest absolute Gasteiger partial charge is 0.462 e. The van der Waals surface area contributed by atoms with Gasteiger partial charge < -0.3 is 9.47 Å². The number of ether oxygens (including phenoxy) is 2. The normalized spacial score (nSPS) is 12.1. The highest BCUT2D eigenvalue weighted by atomic mass is 32.1. The molecule has 2 heterocycles. The van der Waals surface area contributed by atoms with Crippen LogP contribution in [0.15, 0.2) is 36.5 Å². The van der Waals surface area contributed by atoms with E-state index in [2.05, 4.69) is 5.10 Å². The molecule has 8 heteroatoms. The summed E-state index contributed by atoms with van der Waals surface area (Å²) in [6.45, 7) is 4.78. The van der Waals surface area contributed by atoms with Crippen LogP contribution in [-0.4, -0.2) is 35.0 Å². The molecule has 0 fully saturated rings. The first kappa shape index (κ1) is 22.1. The number of rotatable bonds is 7. The van der Waals surface area contributed by atoms with Gasteiger partial charge in [-0.25, -0.2) is 9.59 Å². The van der Waals surface area contributed by atoms with Gasteiger partial charge in [-0.2, -0.15) is 5.10 Å². The topological polar surface area (TPSA) is 73.7 Å². The lowest BCUT2D eigenvalue weighted by Crippen LogP contribution is -2.32. The standard InChI is InChI=1S/C24H27N3O4S/c1-4-13-27(24(29)31-15-16-9-7-6-8-10-16)22-19-18(21(32-22)23(28)30-5-2)12-11-17-14-25-26(3)20(17)19/h6-10,14H,4-5,11-13,15H2,1-3H3. The maximum atomic E-state index is 13.2. The molecular weight excluding hydrogens is 426 g/mol. The third kappa shape index (κ3) is 4.14. The number of esters is 1. The van der Waals surface area contributed by atoms with Crippen molar-refractivity contribution >= 4 is 28.4 Å². The molecule has 1 aromatic carbocycles. The van der Waals surface area contributed by atoms with Crippen molar-refractivity contribution in [2.24, 2.45) is 7.05 Å². The van der Waals surface area contributed by atoms with E-state index in [0.29, 0.717) is 29.5 Å². The van der Waals surface area contributed by atoms with Gasteiger partial charge >= 0.3 is 12.1 Å². The van der Waals surface area contributed by atoms with Crippen molar-refractivity contribution < 1.29 is 19.1 Å². The van der Waals surface area contributed by atoms with Crippen molar-refractivity contribution in [1.29, 1.82) is 0 Å². The number of hydrogen-bond acceptors (Lipinski definition) is 6. The van der Waals surface area contributed by atoms with E-state index < -0.39 is 6.09 Å². The van der Waals surface area contributed by atoms with Crippen LogP contribution in [0, 0.1) is 0 Å². The number of benzene rings is 1. The lowest BCUT2D eigenvalue weighted by atomic mass is 9.91. The van der Waals surface area contributed by atoms with E-state index in [1.54, 1.807) is 11.8 Å². The zero-order valence-corrected chi connectivity index (χ0v) is 19.4. The highest BCUT2D eigenvalue weighted by Crippen LogP contribution is 2.47. The summed E-state index contributed by atoms with van der Waals surface area (Å²) in [5.41, 5.74) is 4.81. The number of aromatic nitrogens is 2. The molecule has 2 aromatic heterocycles. The minimum absolute atomic E-state index is 0.190. The molecule has 7 nitrogen and oxygen atoms in total. The lowest BCUT2D eigenvalue weighted by molar-refractivity contribution is 0.0531. The Bertz CT molecular complexity index is 1120. The van der Waals surface area contributed by atoms with Crippen LogP contribution in [0.2, 0.25) is 0 Å². The molecule has 0 radical (unpaired) electrons. The number of anilines is 1. The molecule has 32 heavy (non-hydrogen) atoms. The molecule has 168 valence electrons. The number of nitrogens with zero attached hydrogens (tertiary/aromatic N) is 3. The van der Waals surface area contributed by atoms with Crippen molar-refractivity contribution in [1.82, 2.24) is 9.78 Å².